The van der Waals surface area contributed by atoms with Crippen LogP contribution in [0.3, 0.4) is 0 Å². The molecule has 1 unspecified atom stereocenters. The molecule has 0 aromatic carbocycles. The van der Waals surface area contributed by atoms with Gasteiger partial charge in [0.1, 0.15) is 5.82 Å². The number of thioether (sulfide) groups is 1. The molecule has 0 saturated carbocycles. The molecule has 1 fully saturated rings. The molecule has 0 amide bonds. The zero-order valence-corrected chi connectivity index (χ0v) is 11.3. The normalized spacial score (nSPS) is 21.4. The van der Waals surface area contributed by atoms with E-state index in [9.17, 15) is 0 Å². The van der Waals surface area contributed by atoms with Gasteiger partial charge < -0.3 is 4.40 Å². The molecule has 0 bridgehead atoms. The maximum Gasteiger partial charge on any atom is 0.117 e. The summed E-state index contributed by atoms with van der Waals surface area (Å²) in [6, 6.07) is 4.17. The first-order valence-electron chi connectivity index (χ1n) is 5.55. The lowest BCUT2D eigenvalue weighted by atomic mass is 10.1. The van der Waals surface area contributed by atoms with E-state index in [4.69, 9.17) is 0 Å². The number of fused-ring (bicyclic) bond motifs is 1. The molecule has 1 aliphatic heterocycles. The average Bonchev–Trinajstić information content (AvgIpc) is 2.73. The van der Waals surface area contributed by atoms with Crippen molar-refractivity contribution in [3.8, 4) is 0 Å². The molecular formula is C12H13BrN2S. The van der Waals surface area contributed by atoms with Crippen LogP contribution in [0.4, 0.5) is 0 Å². The second kappa shape index (κ2) is 4.41. The summed E-state index contributed by atoms with van der Waals surface area (Å²) in [5.41, 5.74) is 1.19. The predicted molar refractivity (Wildman–Crippen MR) is 72.2 cm³/mol. The summed E-state index contributed by atoms with van der Waals surface area (Å²) in [5, 5.41) is 0. The number of nitrogens with zero attached hydrogens (tertiary/aromatic N) is 2. The van der Waals surface area contributed by atoms with E-state index in [0.717, 1.165) is 4.47 Å². The highest BCUT2D eigenvalue weighted by molar-refractivity contribution is 9.10. The molecule has 16 heavy (non-hydrogen) atoms. The van der Waals surface area contributed by atoms with Crippen LogP contribution >= 0.6 is 27.7 Å². The molecule has 0 spiro atoms. The highest BCUT2D eigenvalue weighted by Crippen LogP contribution is 2.31. The fourth-order valence-electron chi connectivity index (χ4n) is 2.23. The predicted octanol–water partition coefficient (Wildman–Crippen LogP) is 3.71. The maximum absolute atomic E-state index is 4.59. The summed E-state index contributed by atoms with van der Waals surface area (Å²) in [6.07, 6.45) is 6.69. The first-order valence-corrected chi connectivity index (χ1v) is 7.49. The van der Waals surface area contributed by atoms with Gasteiger partial charge in [-0.1, -0.05) is 0 Å². The van der Waals surface area contributed by atoms with Crippen molar-refractivity contribution in [3.05, 3.63) is 34.8 Å². The average molecular weight is 297 g/mol. The van der Waals surface area contributed by atoms with Crippen LogP contribution in [0.15, 0.2) is 29.0 Å². The van der Waals surface area contributed by atoms with E-state index < -0.39 is 0 Å². The van der Waals surface area contributed by atoms with Gasteiger partial charge in [-0.15, -0.1) is 0 Å². The van der Waals surface area contributed by atoms with Gasteiger partial charge in [-0.05, 0) is 46.7 Å². The summed E-state index contributed by atoms with van der Waals surface area (Å²) in [4.78, 5) is 4.59. The highest BCUT2D eigenvalue weighted by Gasteiger charge is 2.20. The van der Waals surface area contributed by atoms with E-state index in [0.29, 0.717) is 5.92 Å². The third-order valence-electron chi connectivity index (χ3n) is 3.05. The summed E-state index contributed by atoms with van der Waals surface area (Å²) < 4.78 is 3.34. The molecule has 0 aliphatic carbocycles. The number of imidazole rings is 1. The van der Waals surface area contributed by atoms with Crippen molar-refractivity contribution in [3.63, 3.8) is 0 Å². The standard InChI is InChI=1S/C12H13BrN2S/c13-10-3-4-11-6-14-12(15(11)7-10)9-2-1-5-16-8-9/h3-4,6-7,9H,1-2,5,8H2. The Bertz CT molecular complexity index is 503. The molecule has 3 heterocycles. The van der Waals surface area contributed by atoms with Gasteiger partial charge in [-0.25, -0.2) is 4.98 Å². The summed E-state index contributed by atoms with van der Waals surface area (Å²) >= 11 is 5.57. The zero-order chi connectivity index (χ0) is 11.0. The Morgan fingerprint density at radius 3 is 3.19 bits per heavy atom. The molecule has 2 aromatic rings. The van der Waals surface area contributed by atoms with E-state index in [1.807, 2.05) is 18.0 Å². The monoisotopic (exact) mass is 296 g/mol. The van der Waals surface area contributed by atoms with Crippen molar-refractivity contribution in [2.45, 2.75) is 18.8 Å². The van der Waals surface area contributed by atoms with E-state index in [2.05, 4.69) is 43.6 Å². The summed E-state index contributed by atoms with van der Waals surface area (Å²) in [5.74, 6) is 4.37. The number of rotatable bonds is 1. The van der Waals surface area contributed by atoms with Crippen LogP contribution < -0.4 is 0 Å². The van der Waals surface area contributed by atoms with Crippen LogP contribution in [-0.2, 0) is 0 Å². The fourth-order valence-corrected chi connectivity index (χ4v) is 3.71. The third-order valence-corrected chi connectivity index (χ3v) is 4.73. The second-order valence-corrected chi connectivity index (χ2v) is 6.24. The lowest BCUT2D eigenvalue weighted by molar-refractivity contribution is 0.621. The fraction of sp³-hybridized carbons (Fsp3) is 0.417. The Labute approximate surface area is 108 Å². The van der Waals surface area contributed by atoms with Crippen LogP contribution in [0.1, 0.15) is 24.6 Å². The van der Waals surface area contributed by atoms with Crippen LogP contribution in [0.2, 0.25) is 0 Å². The Hall–Kier alpha value is -0.480. The van der Waals surface area contributed by atoms with E-state index in [1.165, 1.54) is 35.7 Å². The molecule has 84 valence electrons. The van der Waals surface area contributed by atoms with Gasteiger partial charge in [0.15, 0.2) is 0 Å². The lowest BCUT2D eigenvalue weighted by Gasteiger charge is -2.20. The minimum absolute atomic E-state index is 0.621. The van der Waals surface area contributed by atoms with Crippen LogP contribution in [0.25, 0.3) is 5.52 Å². The van der Waals surface area contributed by atoms with Crippen molar-refractivity contribution in [2.75, 3.05) is 11.5 Å². The molecule has 0 N–H and O–H groups in total. The quantitative estimate of drug-likeness (QED) is 0.798. The number of hydrogen-bond donors (Lipinski definition) is 0. The largest absolute Gasteiger partial charge is 0.302 e. The molecular weight excluding hydrogens is 284 g/mol. The number of aromatic nitrogens is 2. The topological polar surface area (TPSA) is 17.3 Å². The van der Waals surface area contributed by atoms with Gasteiger partial charge >= 0.3 is 0 Å². The van der Waals surface area contributed by atoms with Gasteiger partial charge in [-0.2, -0.15) is 11.8 Å². The molecule has 0 radical (unpaired) electrons. The smallest absolute Gasteiger partial charge is 0.117 e. The SMILES string of the molecule is Brc1ccc2cnc(C3CCCSC3)n2c1. The van der Waals surface area contributed by atoms with Crippen molar-refractivity contribution in [2.24, 2.45) is 0 Å². The Balaban J connectivity index is 2.05. The number of pyridine rings is 1. The maximum atomic E-state index is 4.59. The Morgan fingerprint density at radius 1 is 1.44 bits per heavy atom. The first-order chi connectivity index (χ1) is 7.84. The van der Waals surface area contributed by atoms with Gasteiger partial charge in [-0.3, -0.25) is 0 Å². The zero-order valence-electron chi connectivity index (χ0n) is 8.90. The third kappa shape index (κ3) is 1.89. The van der Waals surface area contributed by atoms with Crippen LogP contribution in [0, 0.1) is 0 Å². The van der Waals surface area contributed by atoms with E-state index in [1.54, 1.807) is 0 Å². The minimum Gasteiger partial charge on any atom is -0.302 e. The highest BCUT2D eigenvalue weighted by atomic mass is 79.9. The van der Waals surface area contributed by atoms with Crippen LogP contribution in [0.5, 0.6) is 0 Å². The van der Waals surface area contributed by atoms with E-state index in [-0.39, 0.29) is 0 Å². The Morgan fingerprint density at radius 2 is 2.38 bits per heavy atom. The van der Waals surface area contributed by atoms with Gasteiger partial charge in [0.2, 0.25) is 0 Å². The molecule has 2 aromatic heterocycles. The first kappa shape index (κ1) is 10.7. The number of hydrogen-bond acceptors (Lipinski definition) is 2. The molecule has 4 heteroatoms. The molecule has 1 saturated heterocycles. The van der Waals surface area contributed by atoms with Crippen molar-refractivity contribution in [1.29, 1.82) is 0 Å². The van der Waals surface area contributed by atoms with Crippen LogP contribution in [-0.4, -0.2) is 20.9 Å². The van der Waals surface area contributed by atoms with Gasteiger partial charge in [0.05, 0.1) is 11.7 Å². The molecule has 1 atom stereocenters. The van der Waals surface area contributed by atoms with Crippen molar-refractivity contribution in [1.82, 2.24) is 9.38 Å². The van der Waals surface area contributed by atoms with Crippen molar-refractivity contribution >= 4 is 33.2 Å². The molecule has 2 nitrogen and oxygen atoms in total. The molecule has 1 aliphatic rings. The summed E-state index contributed by atoms with van der Waals surface area (Å²) in [7, 11) is 0. The summed E-state index contributed by atoms with van der Waals surface area (Å²) in [6.45, 7) is 0. The Kier molecular flexibility index (Phi) is 2.94. The molecule has 3 rings (SSSR count). The number of halogens is 1. The second-order valence-electron chi connectivity index (χ2n) is 4.17. The lowest BCUT2D eigenvalue weighted by Crippen LogP contribution is -2.12. The van der Waals surface area contributed by atoms with E-state index >= 15 is 0 Å². The minimum atomic E-state index is 0.621. The van der Waals surface area contributed by atoms with Gasteiger partial charge in [0, 0.05) is 22.3 Å². The van der Waals surface area contributed by atoms with Gasteiger partial charge in [0.25, 0.3) is 0 Å². The van der Waals surface area contributed by atoms with Crippen molar-refractivity contribution < 1.29 is 0 Å².